The van der Waals surface area contributed by atoms with Crippen molar-refractivity contribution in [2.45, 2.75) is 45.7 Å². The van der Waals surface area contributed by atoms with Gasteiger partial charge in [0.25, 0.3) is 0 Å². The summed E-state index contributed by atoms with van der Waals surface area (Å²) in [7, 11) is 0. The Morgan fingerprint density at radius 3 is 2.50 bits per heavy atom. The summed E-state index contributed by atoms with van der Waals surface area (Å²) in [5.74, 6) is 0.415. The molecule has 1 saturated heterocycles. The maximum Gasteiger partial charge on any atom is 0.409 e. The molecule has 18 heavy (non-hydrogen) atoms. The second kappa shape index (κ2) is 7.59. The van der Waals surface area contributed by atoms with Gasteiger partial charge in [0.05, 0.1) is 13.2 Å². The number of rotatable bonds is 5. The molecule has 0 aliphatic carbocycles. The lowest BCUT2D eigenvalue weighted by molar-refractivity contribution is 0.0914. The van der Waals surface area contributed by atoms with Crippen LogP contribution in [0.15, 0.2) is 0 Å². The van der Waals surface area contributed by atoms with E-state index in [0.717, 1.165) is 25.9 Å². The van der Waals surface area contributed by atoms with Crippen LogP contribution in [0.25, 0.3) is 0 Å². The normalized spacial score (nSPS) is 19.1. The van der Waals surface area contributed by atoms with E-state index in [2.05, 4.69) is 19.2 Å². The van der Waals surface area contributed by atoms with E-state index in [4.69, 9.17) is 4.74 Å². The SMILES string of the molecule is CCOC(=O)N1CCC(N[C@H](CO)C(C)C)CC1. The van der Waals surface area contributed by atoms with Gasteiger partial charge in [-0.25, -0.2) is 4.79 Å². The largest absolute Gasteiger partial charge is 0.450 e. The van der Waals surface area contributed by atoms with Crippen molar-refractivity contribution in [2.75, 3.05) is 26.3 Å². The first kappa shape index (κ1) is 15.2. The zero-order valence-electron chi connectivity index (χ0n) is 11.7. The molecule has 5 nitrogen and oxygen atoms in total. The Morgan fingerprint density at radius 1 is 1.44 bits per heavy atom. The van der Waals surface area contributed by atoms with Gasteiger partial charge >= 0.3 is 6.09 Å². The molecular weight excluding hydrogens is 232 g/mol. The predicted molar refractivity (Wildman–Crippen MR) is 70.5 cm³/mol. The van der Waals surface area contributed by atoms with E-state index in [1.165, 1.54) is 0 Å². The van der Waals surface area contributed by atoms with Gasteiger partial charge in [0.1, 0.15) is 0 Å². The van der Waals surface area contributed by atoms with E-state index in [0.29, 0.717) is 18.6 Å². The standard InChI is InChI=1S/C13H26N2O3/c1-4-18-13(17)15-7-5-11(6-8-15)14-12(9-16)10(2)3/h10-12,14,16H,4-9H2,1-3H3/t12-/m1/s1. The lowest BCUT2D eigenvalue weighted by Crippen LogP contribution is -2.50. The van der Waals surface area contributed by atoms with E-state index < -0.39 is 0 Å². The Morgan fingerprint density at radius 2 is 2.06 bits per heavy atom. The third-order valence-electron chi connectivity index (χ3n) is 3.47. The number of ether oxygens (including phenoxy) is 1. The average Bonchev–Trinajstić information content (AvgIpc) is 2.36. The van der Waals surface area contributed by atoms with Crippen LogP contribution in [-0.2, 0) is 4.74 Å². The summed E-state index contributed by atoms with van der Waals surface area (Å²) < 4.78 is 4.98. The van der Waals surface area contributed by atoms with Crippen LogP contribution in [0.3, 0.4) is 0 Å². The summed E-state index contributed by atoms with van der Waals surface area (Å²) in [4.78, 5) is 13.3. The van der Waals surface area contributed by atoms with Crippen molar-refractivity contribution in [3.05, 3.63) is 0 Å². The molecule has 2 N–H and O–H groups in total. The highest BCUT2D eigenvalue weighted by Gasteiger charge is 2.25. The van der Waals surface area contributed by atoms with Gasteiger partial charge < -0.3 is 20.1 Å². The van der Waals surface area contributed by atoms with Crippen molar-refractivity contribution in [3.63, 3.8) is 0 Å². The topological polar surface area (TPSA) is 61.8 Å². The van der Waals surface area contributed by atoms with Crippen LogP contribution >= 0.6 is 0 Å². The van der Waals surface area contributed by atoms with E-state index in [1.54, 1.807) is 4.90 Å². The molecule has 1 rings (SSSR count). The van der Waals surface area contributed by atoms with Crippen molar-refractivity contribution in [1.29, 1.82) is 0 Å². The molecule has 1 fully saturated rings. The Balaban J connectivity index is 2.32. The Bertz CT molecular complexity index is 251. The number of hydrogen-bond acceptors (Lipinski definition) is 4. The van der Waals surface area contributed by atoms with Gasteiger partial charge in [-0.15, -0.1) is 0 Å². The molecule has 1 aliphatic heterocycles. The molecule has 0 saturated carbocycles. The number of likely N-dealkylation sites (tertiary alicyclic amines) is 1. The number of aliphatic hydroxyl groups is 1. The maximum absolute atomic E-state index is 11.5. The second-order valence-corrected chi connectivity index (χ2v) is 5.16. The van der Waals surface area contributed by atoms with Gasteiger partial charge in [0.15, 0.2) is 0 Å². The van der Waals surface area contributed by atoms with Gasteiger partial charge in [0.2, 0.25) is 0 Å². The molecule has 106 valence electrons. The van der Waals surface area contributed by atoms with Gasteiger partial charge in [-0.3, -0.25) is 0 Å². The molecule has 5 heteroatoms. The molecule has 1 atom stereocenters. The number of carbonyl (C=O) groups excluding carboxylic acids is 1. The van der Waals surface area contributed by atoms with Crippen LogP contribution in [0.5, 0.6) is 0 Å². The Hall–Kier alpha value is -0.810. The lowest BCUT2D eigenvalue weighted by atomic mass is 10.00. The number of hydrogen-bond donors (Lipinski definition) is 2. The summed E-state index contributed by atoms with van der Waals surface area (Å²) in [6, 6.07) is 0.527. The fourth-order valence-electron chi connectivity index (χ4n) is 2.20. The number of nitrogens with one attached hydrogen (secondary N) is 1. The Kier molecular flexibility index (Phi) is 6.43. The van der Waals surface area contributed by atoms with E-state index in [-0.39, 0.29) is 18.7 Å². The van der Waals surface area contributed by atoms with Crippen LogP contribution in [0, 0.1) is 5.92 Å². The van der Waals surface area contributed by atoms with E-state index in [1.807, 2.05) is 6.92 Å². The van der Waals surface area contributed by atoms with Crippen molar-refractivity contribution in [1.82, 2.24) is 10.2 Å². The zero-order valence-corrected chi connectivity index (χ0v) is 11.7. The van der Waals surface area contributed by atoms with Gasteiger partial charge in [0, 0.05) is 25.2 Å². The van der Waals surface area contributed by atoms with Gasteiger partial charge in [-0.05, 0) is 25.7 Å². The highest BCUT2D eigenvalue weighted by molar-refractivity contribution is 5.67. The number of piperidine rings is 1. The molecule has 0 radical (unpaired) electrons. The van der Waals surface area contributed by atoms with Crippen LogP contribution in [0.1, 0.15) is 33.6 Å². The smallest absolute Gasteiger partial charge is 0.409 e. The summed E-state index contributed by atoms with van der Waals surface area (Å²) in [5, 5.41) is 12.8. The van der Waals surface area contributed by atoms with Crippen molar-refractivity contribution in [2.24, 2.45) is 5.92 Å². The van der Waals surface area contributed by atoms with Crippen LogP contribution in [0.2, 0.25) is 0 Å². The molecule has 0 unspecified atom stereocenters. The molecule has 0 aromatic carbocycles. The van der Waals surface area contributed by atoms with Crippen molar-refractivity contribution < 1.29 is 14.6 Å². The number of carbonyl (C=O) groups is 1. The lowest BCUT2D eigenvalue weighted by Gasteiger charge is -2.34. The first-order chi connectivity index (χ1) is 8.58. The third kappa shape index (κ3) is 4.46. The fourth-order valence-corrected chi connectivity index (χ4v) is 2.20. The highest BCUT2D eigenvalue weighted by Crippen LogP contribution is 2.13. The fraction of sp³-hybridized carbons (Fsp3) is 0.923. The second-order valence-electron chi connectivity index (χ2n) is 5.16. The number of amides is 1. The minimum absolute atomic E-state index is 0.143. The quantitative estimate of drug-likeness (QED) is 0.778. The summed E-state index contributed by atoms with van der Waals surface area (Å²) in [6.07, 6.45) is 1.63. The molecular formula is C13H26N2O3. The highest BCUT2D eigenvalue weighted by atomic mass is 16.6. The zero-order chi connectivity index (χ0) is 13.5. The van der Waals surface area contributed by atoms with Crippen LogP contribution < -0.4 is 5.32 Å². The molecule has 0 aromatic rings. The van der Waals surface area contributed by atoms with E-state index in [9.17, 15) is 9.90 Å². The average molecular weight is 258 g/mol. The number of aliphatic hydroxyl groups excluding tert-OH is 1. The minimum atomic E-state index is -0.210. The van der Waals surface area contributed by atoms with Crippen molar-refractivity contribution >= 4 is 6.09 Å². The molecule has 0 bridgehead atoms. The number of nitrogens with zero attached hydrogens (tertiary/aromatic N) is 1. The molecule has 1 heterocycles. The molecule has 0 aromatic heterocycles. The van der Waals surface area contributed by atoms with Crippen LogP contribution in [0.4, 0.5) is 4.79 Å². The first-order valence-corrected chi connectivity index (χ1v) is 6.87. The Labute approximate surface area is 109 Å². The summed E-state index contributed by atoms with van der Waals surface area (Å²) in [5.41, 5.74) is 0. The maximum atomic E-state index is 11.5. The predicted octanol–water partition coefficient (Wildman–Crippen LogP) is 1.21. The monoisotopic (exact) mass is 258 g/mol. The minimum Gasteiger partial charge on any atom is -0.450 e. The van der Waals surface area contributed by atoms with Crippen LogP contribution in [-0.4, -0.2) is 54.5 Å². The summed E-state index contributed by atoms with van der Waals surface area (Å²) in [6.45, 7) is 8.07. The van der Waals surface area contributed by atoms with Gasteiger partial charge in [-0.1, -0.05) is 13.8 Å². The van der Waals surface area contributed by atoms with Gasteiger partial charge in [-0.2, -0.15) is 0 Å². The van der Waals surface area contributed by atoms with Crippen molar-refractivity contribution in [3.8, 4) is 0 Å². The van der Waals surface area contributed by atoms with E-state index >= 15 is 0 Å². The summed E-state index contributed by atoms with van der Waals surface area (Å²) >= 11 is 0. The third-order valence-corrected chi connectivity index (χ3v) is 3.47. The first-order valence-electron chi connectivity index (χ1n) is 6.87. The molecule has 0 spiro atoms. The molecule has 1 amide bonds. The molecule has 1 aliphatic rings.